The lowest BCUT2D eigenvalue weighted by Crippen LogP contribution is -2.18. The Hall–Kier alpha value is -0.260. The van der Waals surface area contributed by atoms with Crippen LogP contribution >= 0.6 is 39.9 Å². The summed E-state index contributed by atoms with van der Waals surface area (Å²) in [5.41, 5.74) is 7.55. The Kier molecular flexibility index (Phi) is 6.30. The normalized spacial score (nSPS) is 12.2. The number of anilines is 1. The molecule has 1 aromatic rings. The summed E-state index contributed by atoms with van der Waals surface area (Å²) < 4.78 is 0.996. The largest absolute Gasteiger partial charge is 0.389 e. The second-order valence-electron chi connectivity index (χ2n) is 3.76. The highest BCUT2D eigenvalue weighted by Crippen LogP contribution is 2.24. The number of nitrogens with two attached hydrogens (primary N) is 1. The second-order valence-corrected chi connectivity index (χ2v) is 6.38. The van der Waals surface area contributed by atoms with Crippen molar-refractivity contribution < 1.29 is 0 Å². The fraction of sp³-hybridized carbons (Fsp3) is 0.417. The smallest absolute Gasteiger partial charge is 0.104 e. The van der Waals surface area contributed by atoms with Gasteiger partial charge in [0.1, 0.15) is 4.99 Å². The average molecular weight is 333 g/mol. The summed E-state index contributed by atoms with van der Waals surface area (Å²) >= 11 is 10.4. The molecule has 0 fully saturated rings. The molecule has 94 valence electrons. The molecule has 0 saturated carbocycles. The maximum Gasteiger partial charge on any atom is 0.104 e. The summed E-state index contributed by atoms with van der Waals surface area (Å²) in [6.45, 7) is 4.35. The van der Waals surface area contributed by atoms with Gasteiger partial charge in [-0.05, 0) is 46.8 Å². The van der Waals surface area contributed by atoms with Gasteiger partial charge in [0.2, 0.25) is 0 Å². The van der Waals surface area contributed by atoms with Gasteiger partial charge in [-0.25, -0.2) is 0 Å². The molecule has 0 aliphatic heterocycles. The van der Waals surface area contributed by atoms with Gasteiger partial charge in [-0.1, -0.05) is 19.1 Å². The van der Waals surface area contributed by atoms with Crippen LogP contribution in [0.5, 0.6) is 0 Å². The molecule has 1 unspecified atom stereocenters. The molecule has 2 nitrogen and oxygen atoms in total. The number of halogens is 1. The van der Waals surface area contributed by atoms with Crippen LogP contribution in [-0.2, 0) is 0 Å². The van der Waals surface area contributed by atoms with E-state index in [2.05, 4.69) is 35.1 Å². The fourth-order valence-electron chi connectivity index (χ4n) is 1.39. The molecule has 1 atom stereocenters. The van der Waals surface area contributed by atoms with Gasteiger partial charge in [0.05, 0.1) is 0 Å². The number of hydrogen-bond acceptors (Lipinski definition) is 3. The van der Waals surface area contributed by atoms with Crippen molar-refractivity contribution in [3.63, 3.8) is 0 Å². The molecule has 0 saturated heterocycles. The maximum atomic E-state index is 5.59. The van der Waals surface area contributed by atoms with Crippen LogP contribution in [0, 0.1) is 0 Å². The van der Waals surface area contributed by atoms with E-state index in [9.17, 15) is 0 Å². The van der Waals surface area contributed by atoms with Crippen molar-refractivity contribution in [2.24, 2.45) is 5.73 Å². The van der Waals surface area contributed by atoms with E-state index < -0.39 is 0 Å². The highest BCUT2D eigenvalue weighted by atomic mass is 79.9. The summed E-state index contributed by atoms with van der Waals surface area (Å²) in [6.07, 6.45) is 0. The molecule has 3 N–H and O–H groups in total. The Morgan fingerprint density at radius 2 is 2.29 bits per heavy atom. The molecule has 0 aliphatic carbocycles. The molecule has 0 aliphatic rings. The lowest BCUT2D eigenvalue weighted by Gasteiger charge is -2.16. The van der Waals surface area contributed by atoms with E-state index in [0.29, 0.717) is 11.0 Å². The standard InChI is InChI=1S/C12H17BrN2S2/c1-3-17-7-8(2)15-11-5-4-9(12(14)16)6-10(11)13/h4-6,8,15H,3,7H2,1-2H3,(H2,14,16). The van der Waals surface area contributed by atoms with Crippen molar-refractivity contribution in [1.29, 1.82) is 0 Å². The fourth-order valence-corrected chi connectivity index (χ4v) is 2.68. The topological polar surface area (TPSA) is 38.0 Å². The van der Waals surface area contributed by atoms with Crippen molar-refractivity contribution in [2.45, 2.75) is 19.9 Å². The third-order valence-electron chi connectivity index (χ3n) is 2.23. The van der Waals surface area contributed by atoms with Crippen LogP contribution in [0.15, 0.2) is 22.7 Å². The third-order valence-corrected chi connectivity index (χ3v) is 4.26. The Bertz CT molecular complexity index is 396. The zero-order chi connectivity index (χ0) is 12.8. The SMILES string of the molecule is CCSCC(C)Nc1ccc(C(N)=S)cc1Br. The minimum absolute atomic E-state index is 0.423. The molecule has 0 amide bonds. The third kappa shape index (κ3) is 4.85. The minimum atomic E-state index is 0.423. The van der Waals surface area contributed by atoms with Gasteiger partial charge in [-0.2, -0.15) is 11.8 Å². The van der Waals surface area contributed by atoms with Crippen LogP contribution in [-0.4, -0.2) is 22.5 Å². The first kappa shape index (κ1) is 14.8. The maximum absolute atomic E-state index is 5.59. The Morgan fingerprint density at radius 3 is 2.82 bits per heavy atom. The monoisotopic (exact) mass is 332 g/mol. The van der Waals surface area contributed by atoms with E-state index in [1.165, 1.54) is 0 Å². The summed E-state index contributed by atoms with van der Waals surface area (Å²) in [6, 6.07) is 6.33. The van der Waals surface area contributed by atoms with Crippen LogP contribution in [0.3, 0.4) is 0 Å². The van der Waals surface area contributed by atoms with Gasteiger partial charge >= 0.3 is 0 Å². The number of thioether (sulfide) groups is 1. The molecule has 0 heterocycles. The average Bonchev–Trinajstić information content (AvgIpc) is 2.28. The predicted octanol–water partition coefficient (Wildman–Crippen LogP) is 3.64. The first-order valence-corrected chi connectivity index (χ1v) is 7.83. The van der Waals surface area contributed by atoms with Crippen LogP contribution in [0.1, 0.15) is 19.4 Å². The van der Waals surface area contributed by atoms with Gasteiger partial charge < -0.3 is 11.1 Å². The van der Waals surface area contributed by atoms with E-state index in [0.717, 1.165) is 27.2 Å². The van der Waals surface area contributed by atoms with Crippen molar-refractivity contribution >= 4 is 50.6 Å². The van der Waals surface area contributed by atoms with E-state index in [1.54, 1.807) is 0 Å². The van der Waals surface area contributed by atoms with Crippen molar-refractivity contribution in [3.05, 3.63) is 28.2 Å². The van der Waals surface area contributed by atoms with Gasteiger partial charge in [-0.15, -0.1) is 0 Å². The lowest BCUT2D eigenvalue weighted by molar-refractivity contribution is 0.912. The van der Waals surface area contributed by atoms with E-state index >= 15 is 0 Å². The van der Waals surface area contributed by atoms with Crippen molar-refractivity contribution in [2.75, 3.05) is 16.8 Å². The first-order chi connectivity index (χ1) is 8.04. The van der Waals surface area contributed by atoms with E-state index in [1.807, 2.05) is 30.0 Å². The van der Waals surface area contributed by atoms with Gasteiger partial charge in [0, 0.05) is 27.5 Å². The molecule has 5 heteroatoms. The quantitative estimate of drug-likeness (QED) is 0.780. The Labute approximate surface area is 121 Å². The molecule has 0 bridgehead atoms. The van der Waals surface area contributed by atoms with Crippen LogP contribution in [0.2, 0.25) is 0 Å². The molecule has 1 aromatic carbocycles. The first-order valence-electron chi connectivity index (χ1n) is 5.48. The predicted molar refractivity (Wildman–Crippen MR) is 86.1 cm³/mol. The Morgan fingerprint density at radius 1 is 1.59 bits per heavy atom. The number of thiocarbonyl (C=S) groups is 1. The molecule has 0 aromatic heterocycles. The zero-order valence-electron chi connectivity index (χ0n) is 10.00. The van der Waals surface area contributed by atoms with E-state index in [-0.39, 0.29) is 0 Å². The van der Waals surface area contributed by atoms with Gasteiger partial charge in [-0.3, -0.25) is 0 Å². The molecule has 0 radical (unpaired) electrons. The highest BCUT2D eigenvalue weighted by molar-refractivity contribution is 9.10. The van der Waals surface area contributed by atoms with Crippen molar-refractivity contribution in [3.8, 4) is 0 Å². The lowest BCUT2D eigenvalue weighted by atomic mass is 10.2. The van der Waals surface area contributed by atoms with Crippen LogP contribution in [0.25, 0.3) is 0 Å². The summed E-state index contributed by atoms with van der Waals surface area (Å²) in [5, 5.41) is 3.46. The van der Waals surface area contributed by atoms with Crippen LogP contribution in [0.4, 0.5) is 5.69 Å². The highest BCUT2D eigenvalue weighted by Gasteiger charge is 2.06. The van der Waals surface area contributed by atoms with Gasteiger partial charge in [0.25, 0.3) is 0 Å². The summed E-state index contributed by atoms with van der Waals surface area (Å²) in [4.78, 5) is 0.423. The zero-order valence-corrected chi connectivity index (χ0v) is 13.2. The molecule has 1 rings (SSSR count). The van der Waals surface area contributed by atoms with E-state index in [4.69, 9.17) is 18.0 Å². The van der Waals surface area contributed by atoms with Gasteiger partial charge in [0.15, 0.2) is 0 Å². The second kappa shape index (κ2) is 7.24. The number of benzene rings is 1. The van der Waals surface area contributed by atoms with Crippen LogP contribution < -0.4 is 11.1 Å². The van der Waals surface area contributed by atoms with Crippen molar-refractivity contribution in [1.82, 2.24) is 0 Å². The molecule has 17 heavy (non-hydrogen) atoms. The molecule has 0 spiro atoms. The summed E-state index contributed by atoms with van der Waals surface area (Å²) in [5.74, 6) is 2.24. The number of rotatable bonds is 6. The summed E-state index contributed by atoms with van der Waals surface area (Å²) in [7, 11) is 0. The Balaban J connectivity index is 2.69. The molecular weight excluding hydrogens is 316 g/mol. The minimum Gasteiger partial charge on any atom is -0.389 e. The number of nitrogens with one attached hydrogen (secondary N) is 1. The number of hydrogen-bond donors (Lipinski definition) is 2. The molecular formula is C12H17BrN2S2.